The number of para-hydroxylation sites is 1. The molecule has 0 fully saturated rings. The topological polar surface area (TPSA) is 101 Å². The number of H-pyrrole nitrogens is 1. The number of benzene rings is 2. The molecule has 1 atom stereocenters. The Bertz CT molecular complexity index is 1500. The Hall–Kier alpha value is -4.13. The third-order valence-electron chi connectivity index (χ3n) is 6.17. The number of rotatable bonds is 4. The number of nitrogens with zero attached hydrogens (tertiary/aromatic N) is 1. The number of hydrogen-bond donors (Lipinski definition) is 2. The predicted molar refractivity (Wildman–Crippen MR) is 124 cm³/mol. The van der Waals surface area contributed by atoms with E-state index in [1.807, 2.05) is 36.4 Å². The minimum atomic E-state index is -0.692. The maximum Gasteiger partial charge on any atom is 0.312 e. The third kappa shape index (κ3) is 3.82. The standard InChI is InChI=1S/C26H22N2O5/c1-15-12-22-24(26(32)28(15)11-10-16-6-8-18(29)9-7-16)19(14-23(30)33-22)20-13-17-4-2-3-5-21(17)27-25(20)31/h2-9,12-13,19,29H,10-11,14H2,1H3,(H,27,31)/t19-/m0/s1. The minimum absolute atomic E-state index is 0.0787. The van der Waals surface area contributed by atoms with E-state index in [-0.39, 0.29) is 29.0 Å². The van der Waals surface area contributed by atoms with E-state index < -0.39 is 11.9 Å². The van der Waals surface area contributed by atoms with Crippen LogP contribution >= 0.6 is 0 Å². The van der Waals surface area contributed by atoms with Crippen molar-refractivity contribution in [2.75, 3.05) is 0 Å². The molecule has 0 bridgehead atoms. The zero-order chi connectivity index (χ0) is 23.1. The van der Waals surface area contributed by atoms with Gasteiger partial charge in [0.1, 0.15) is 11.5 Å². The highest BCUT2D eigenvalue weighted by Crippen LogP contribution is 2.36. The molecule has 7 heteroatoms. The summed E-state index contributed by atoms with van der Waals surface area (Å²) in [6.45, 7) is 2.20. The first kappa shape index (κ1) is 20.8. The van der Waals surface area contributed by atoms with Crippen molar-refractivity contribution in [1.82, 2.24) is 9.55 Å². The average Bonchev–Trinajstić information content (AvgIpc) is 2.79. The number of pyridine rings is 2. The van der Waals surface area contributed by atoms with Crippen LogP contribution in [0.15, 0.2) is 70.3 Å². The van der Waals surface area contributed by atoms with Crippen LogP contribution in [-0.4, -0.2) is 20.6 Å². The van der Waals surface area contributed by atoms with Crippen molar-refractivity contribution in [1.29, 1.82) is 0 Å². The number of aromatic hydroxyl groups is 1. The van der Waals surface area contributed by atoms with Crippen molar-refractivity contribution in [2.45, 2.75) is 32.2 Å². The smallest absolute Gasteiger partial charge is 0.312 e. The summed E-state index contributed by atoms with van der Waals surface area (Å²) in [7, 11) is 0. The van der Waals surface area contributed by atoms with Gasteiger partial charge in [0.15, 0.2) is 0 Å². The Kier molecular flexibility index (Phi) is 5.09. The van der Waals surface area contributed by atoms with Crippen molar-refractivity contribution in [2.24, 2.45) is 0 Å². The van der Waals surface area contributed by atoms with Crippen LogP contribution < -0.4 is 15.9 Å². The van der Waals surface area contributed by atoms with Gasteiger partial charge in [-0.2, -0.15) is 0 Å². The molecule has 33 heavy (non-hydrogen) atoms. The minimum Gasteiger partial charge on any atom is -0.508 e. The zero-order valence-corrected chi connectivity index (χ0v) is 18.0. The van der Waals surface area contributed by atoms with E-state index in [4.69, 9.17) is 4.74 Å². The van der Waals surface area contributed by atoms with Gasteiger partial charge in [-0.3, -0.25) is 14.4 Å². The van der Waals surface area contributed by atoms with Gasteiger partial charge in [-0.05, 0) is 48.6 Å². The van der Waals surface area contributed by atoms with Crippen LogP contribution in [0.25, 0.3) is 10.9 Å². The maximum atomic E-state index is 13.6. The number of phenolic OH excluding ortho intramolecular Hbond substituents is 1. The molecule has 0 saturated carbocycles. The van der Waals surface area contributed by atoms with Crippen molar-refractivity contribution in [3.63, 3.8) is 0 Å². The number of ether oxygens (including phenoxy) is 1. The fourth-order valence-corrected chi connectivity index (χ4v) is 4.46. The molecule has 2 aromatic heterocycles. The Labute approximate surface area is 188 Å². The zero-order valence-electron chi connectivity index (χ0n) is 18.0. The lowest BCUT2D eigenvalue weighted by molar-refractivity contribution is -0.135. The molecule has 4 aromatic rings. The first-order chi connectivity index (χ1) is 15.9. The molecule has 0 unspecified atom stereocenters. The highest BCUT2D eigenvalue weighted by atomic mass is 16.5. The lowest BCUT2D eigenvalue weighted by atomic mass is 9.87. The summed E-state index contributed by atoms with van der Waals surface area (Å²) in [5.41, 5.74) is 2.44. The molecular formula is C26H22N2O5. The van der Waals surface area contributed by atoms with Crippen molar-refractivity contribution >= 4 is 16.9 Å². The molecule has 0 radical (unpaired) electrons. The number of aromatic amines is 1. The molecule has 0 amide bonds. The highest BCUT2D eigenvalue weighted by molar-refractivity contribution is 5.81. The van der Waals surface area contributed by atoms with Gasteiger partial charge in [0.2, 0.25) is 0 Å². The summed E-state index contributed by atoms with van der Waals surface area (Å²) in [6, 6.07) is 17.7. The fraction of sp³-hybridized carbons (Fsp3) is 0.192. The van der Waals surface area contributed by atoms with Crippen molar-refractivity contribution < 1.29 is 14.6 Å². The Morgan fingerprint density at radius 2 is 1.82 bits per heavy atom. The van der Waals surface area contributed by atoms with Crippen LogP contribution in [0.1, 0.15) is 34.7 Å². The third-order valence-corrected chi connectivity index (χ3v) is 6.17. The van der Waals surface area contributed by atoms with E-state index in [9.17, 15) is 19.5 Å². The number of aryl methyl sites for hydroxylation is 2. The van der Waals surface area contributed by atoms with Crippen LogP contribution in [0.5, 0.6) is 11.5 Å². The van der Waals surface area contributed by atoms with Crippen molar-refractivity contribution in [3.05, 3.63) is 104 Å². The van der Waals surface area contributed by atoms with Gasteiger partial charge in [0.05, 0.1) is 12.0 Å². The Morgan fingerprint density at radius 3 is 2.61 bits per heavy atom. The van der Waals surface area contributed by atoms with E-state index in [1.165, 1.54) is 0 Å². The van der Waals surface area contributed by atoms with Crippen LogP contribution in [0, 0.1) is 6.92 Å². The lowest BCUT2D eigenvalue weighted by Crippen LogP contribution is -2.35. The SMILES string of the molecule is Cc1cc2c(c(=O)n1CCc1ccc(O)cc1)[C@H](c1cc3ccccc3[nH]c1=O)CC(=O)O2. The van der Waals surface area contributed by atoms with E-state index in [0.29, 0.717) is 35.3 Å². The van der Waals surface area contributed by atoms with E-state index in [2.05, 4.69) is 4.98 Å². The second kappa shape index (κ2) is 8.09. The Morgan fingerprint density at radius 1 is 1.06 bits per heavy atom. The highest BCUT2D eigenvalue weighted by Gasteiger charge is 2.34. The van der Waals surface area contributed by atoms with Gasteiger partial charge < -0.3 is 19.4 Å². The molecule has 2 aromatic carbocycles. The summed E-state index contributed by atoms with van der Waals surface area (Å²) in [6.07, 6.45) is 0.505. The van der Waals surface area contributed by atoms with Crippen molar-refractivity contribution in [3.8, 4) is 11.5 Å². The van der Waals surface area contributed by atoms with E-state index in [0.717, 1.165) is 10.9 Å². The number of carbonyl (C=O) groups excluding carboxylic acids is 1. The fourth-order valence-electron chi connectivity index (χ4n) is 4.46. The summed E-state index contributed by atoms with van der Waals surface area (Å²) < 4.78 is 7.06. The first-order valence-electron chi connectivity index (χ1n) is 10.8. The summed E-state index contributed by atoms with van der Waals surface area (Å²) >= 11 is 0. The summed E-state index contributed by atoms with van der Waals surface area (Å²) in [5, 5.41) is 10.3. The number of nitrogens with one attached hydrogen (secondary N) is 1. The second-order valence-corrected chi connectivity index (χ2v) is 8.31. The number of phenols is 1. The molecule has 5 rings (SSSR count). The summed E-state index contributed by atoms with van der Waals surface area (Å²) in [4.78, 5) is 41.7. The maximum absolute atomic E-state index is 13.6. The molecule has 166 valence electrons. The summed E-state index contributed by atoms with van der Waals surface area (Å²) in [5.74, 6) is -0.762. The molecular weight excluding hydrogens is 420 g/mol. The van der Waals surface area contributed by atoms with Gasteiger partial charge in [0, 0.05) is 35.3 Å². The molecule has 0 saturated heterocycles. The lowest BCUT2D eigenvalue weighted by Gasteiger charge is -2.25. The molecule has 0 aliphatic carbocycles. The van der Waals surface area contributed by atoms with Crippen LogP contribution in [-0.2, 0) is 17.8 Å². The predicted octanol–water partition coefficient (Wildman–Crippen LogP) is 3.39. The van der Waals surface area contributed by atoms with E-state index >= 15 is 0 Å². The molecule has 1 aliphatic rings. The van der Waals surface area contributed by atoms with Crippen LogP contribution in [0.2, 0.25) is 0 Å². The van der Waals surface area contributed by atoms with Gasteiger partial charge in [0.25, 0.3) is 11.1 Å². The number of fused-ring (bicyclic) bond motifs is 2. The van der Waals surface area contributed by atoms with Gasteiger partial charge in [-0.15, -0.1) is 0 Å². The van der Waals surface area contributed by atoms with Gasteiger partial charge in [-0.25, -0.2) is 0 Å². The second-order valence-electron chi connectivity index (χ2n) is 8.31. The monoisotopic (exact) mass is 442 g/mol. The Balaban J connectivity index is 1.60. The number of hydrogen-bond acceptors (Lipinski definition) is 5. The van der Waals surface area contributed by atoms with Crippen LogP contribution in [0.3, 0.4) is 0 Å². The molecule has 0 spiro atoms. The van der Waals surface area contributed by atoms with Gasteiger partial charge >= 0.3 is 5.97 Å². The normalized spacial score (nSPS) is 15.3. The quantitative estimate of drug-likeness (QED) is 0.472. The average molecular weight is 442 g/mol. The number of carbonyl (C=O) groups is 1. The molecule has 1 aliphatic heterocycles. The molecule has 3 heterocycles. The largest absolute Gasteiger partial charge is 0.508 e. The molecule has 2 N–H and O–H groups in total. The number of aromatic nitrogens is 2. The van der Waals surface area contributed by atoms with E-state index in [1.54, 1.807) is 35.8 Å². The van der Waals surface area contributed by atoms with Crippen LogP contribution in [0.4, 0.5) is 0 Å². The first-order valence-corrected chi connectivity index (χ1v) is 10.8. The molecule has 7 nitrogen and oxygen atoms in total. The number of esters is 1. The van der Waals surface area contributed by atoms with Gasteiger partial charge in [-0.1, -0.05) is 30.3 Å².